The average molecular weight is 275 g/mol. The number of hydrogen-bond acceptors (Lipinski definition) is 3. The van der Waals surface area contributed by atoms with Gasteiger partial charge in [0.1, 0.15) is 5.82 Å². The van der Waals surface area contributed by atoms with E-state index < -0.39 is 18.8 Å². The van der Waals surface area contributed by atoms with Gasteiger partial charge in [-0.15, -0.1) is 0 Å². The summed E-state index contributed by atoms with van der Waals surface area (Å²) in [6.45, 7) is -1.12. The molecular weight excluding hydrogens is 259 g/mol. The Hall–Kier alpha value is -1.40. The van der Waals surface area contributed by atoms with Crippen LogP contribution in [-0.4, -0.2) is 48.5 Å². The van der Waals surface area contributed by atoms with Gasteiger partial charge in [0, 0.05) is 13.0 Å². The molecule has 0 atom stereocenters. The number of rotatable bonds is 8. The fraction of sp³-hybridized carbons (Fsp3) is 0.462. The zero-order valence-corrected chi connectivity index (χ0v) is 10.4. The van der Waals surface area contributed by atoms with E-state index in [0.29, 0.717) is 0 Å². The number of halogens is 3. The average Bonchev–Trinajstić information content (AvgIpc) is 2.31. The van der Waals surface area contributed by atoms with E-state index in [-0.39, 0.29) is 37.5 Å². The number of aliphatic hydroxyl groups excluding tert-OH is 1. The van der Waals surface area contributed by atoms with Gasteiger partial charge in [-0.3, -0.25) is 9.69 Å². The quantitative estimate of drug-likeness (QED) is 0.781. The molecule has 0 amide bonds. The first kappa shape index (κ1) is 15.7. The Morgan fingerprint density at radius 2 is 2.00 bits per heavy atom. The Balaban J connectivity index is 2.55. The monoisotopic (exact) mass is 275 g/mol. The Morgan fingerprint density at radius 3 is 2.58 bits per heavy atom. The van der Waals surface area contributed by atoms with Crippen molar-refractivity contribution in [2.75, 3.05) is 26.2 Å². The molecule has 0 aliphatic rings. The number of Topliss-reactive ketones (excluding diaryl/α,β-unsaturated/α-hetero) is 1. The van der Waals surface area contributed by atoms with Gasteiger partial charge in [-0.2, -0.15) is 0 Å². The first-order chi connectivity index (χ1) is 9.02. The number of carbonyl (C=O) groups is 1. The molecule has 0 aliphatic carbocycles. The molecule has 0 radical (unpaired) electrons. The molecule has 0 saturated heterocycles. The third kappa shape index (κ3) is 5.85. The number of aliphatic hydroxyl groups is 1. The minimum Gasteiger partial charge on any atom is -0.395 e. The highest BCUT2D eigenvalue weighted by molar-refractivity contribution is 5.82. The number of nitrogens with zero attached hydrogens (tertiary/aromatic N) is 1. The maximum Gasteiger partial charge on any atom is 0.251 e. The molecule has 0 aliphatic heterocycles. The molecule has 106 valence electrons. The lowest BCUT2D eigenvalue weighted by atomic mass is 10.1. The normalized spacial score (nSPS) is 11.3. The van der Waals surface area contributed by atoms with Crippen molar-refractivity contribution in [1.29, 1.82) is 0 Å². The third-order valence-corrected chi connectivity index (χ3v) is 2.56. The fourth-order valence-electron chi connectivity index (χ4n) is 1.73. The standard InChI is InChI=1S/C13H16F3NO2/c14-12-4-2-1-3-10(12)7-11(19)8-17(5-6-18)9-13(15)16/h1-4,13,18H,5-9H2. The molecule has 1 aromatic carbocycles. The van der Waals surface area contributed by atoms with Crippen molar-refractivity contribution in [2.24, 2.45) is 0 Å². The fourth-order valence-corrected chi connectivity index (χ4v) is 1.73. The van der Waals surface area contributed by atoms with Crippen molar-refractivity contribution >= 4 is 5.78 Å². The van der Waals surface area contributed by atoms with Crippen molar-refractivity contribution in [3.05, 3.63) is 35.6 Å². The molecule has 0 saturated carbocycles. The van der Waals surface area contributed by atoms with Crippen molar-refractivity contribution in [3.8, 4) is 0 Å². The summed E-state index contributed by atoms with van der Waals surface area (Å²) in [5.74, 6) is -0.849. The zero-order chi connectivity index (χ0) is 14.3. The first-order valence-electron chi connectivity index (χ1n) is 5.89. The van der Waals surface area contributed by atoms with Crippen LogP contribution in [0.3, 0.4) is 0 Å². The van der Waals surface area contributed by atoms with Gasteiger partial charge in [-0.25, -0.2) is 13.2 Å². The van der Waals surface area contributed by atoms with Crippen molar-refractivity contribution < 1.29 is 23.1 Å². The van der Waals surface area contributed by atoms with Gasteiger partial charge < -0.3 is 5.11 Å². The highest BCUT2D eigenvalue weighted by Gasteiger charge is 2.16. The topological polar surface area (TPSA) is 40.5 Å². The number of carbonyl (C=O) groups excluding carboxylic acids is 1. The summed E-state index contributed by atoms with van der Waals surface area (Å²) in [7, 11) is 0. The molecule has 1 aromatic rings. The van der Waals surface area contributed by atoms with Crippen LogP contribution < -0.4 is 0 Å². The van der Waals surface area contributed by atoms with E-state index in [4.69, 9.17) is 5.11 Å². The lowest BCUT2D eigenvalue weighted by Crippen LogP contribution is -2.36. The highest BCUT2D eigenvalue weighted by Crippen LogP contribution is 2.08. The van der Waals surface area contributed by atoms with E-state index in [9.17, 15) is 18.0 Å². The minimum atomic E-state index is -2.58. The smallest absolute Gasteiger partial charge is 0.251 e. The SMILES string of the molecule is O=C(Cc1ccccc1F)CN(CCO)CC(F)F. The second kappa shape index (κ2) is 7.91. The molecule has 19 heavy (non-hydrogen) atoms. The lowest BCUT2D eigenvalue weighted by Gasteiger charge is -2.19. The van der Waals surface area contributed by atoms with Gasteiger partial charge in [0.2, 0.25) is 0 Å². The van der Waals surface area contributed by atoms with E-state index >= 15 is 0 Å². The molecular formula is C13H16F3NO2. The minimum absolute atomic E-state index is 0.00660. The summed E-state index contributed by atoms with van der Waals surface area (Å²) in [6.07, 6.45) is -2.72. The van der Waals surface area contributed by atoms with Crippen molar-refractivity contribution in [3.63, 3.8) is 0 Å². The second-order valence-corrected chi connectivity index (χ2v) is 4.16. The predicted octanol–water partition coefficient (Wildman–Crippen LogP) is 1.50. The summed E-state index contributed by atoms with van der Waals surface area (Å²) < 4.78 is 37.8. The number of benzene rings is 1. The predicted molar refractivity (Wildman–Crippen MR) is 64.6 cm³/mol. The molecule has 0 bridgehead atoms. The first-order valence-corrected chi connectivity index (χ1v) is 5.89. The summed E-state index contributed by atoms with van der Waals surface area (Å²) in [4.78, 5) is 12.9. The van der Waals surface area contributed by atoms with Gasteiger partial charge in [0.05, 0.1) is 19.7 Å². The maximum absolute atomic E-state index is 13.3. The molecule has 0 spiro atoms. The van der Waals surface area contributed by atoms with Crippen LogP contribution in [0.15, 0.2) is 24.3 Å². The molecule has 1 N–H and O–H groups in total. The molecule has 0 fully saturated rings. The largest absolute Gasteiger partial charge is 0.395 e. The van der Waals surface area contributed by atoms with E-state index in [1.54, 1.807) is 6.07 Å². The van der Waals surface area contributed by atoms with Crippen LogP contribution in [-0.2, 0) is 11.2 Å². The summed E-state index contributed by atoms with van der Waals surface area (Å²) >= 11 is 0. The summed E-state index contributed by atoms with van der Waals surface area (Å²) in [5.41, 5.74) is 0.244. The number of ketones is 1. The zero-order valence-electron chi connectivity index (χ0n) is 10.4. The third-order valence-electron chi connectivity index (χ3n) is 2.56. The molecule has 3 nitrogen and oxygen atoms in total. The second-order valence-electron chi connectivity index (χ2n) is 4.16. The van der Waals surface area contributed by atoms with Gasteiger partial charge in [-0.1, -0.05) is 18.2 Å². The Labute approximate surface area is 109 Å². The van der Waals surface area contributed by atoms with Crippen molar-refractivity contribution in [1.82, 2.24) is 4.90 Å². The summed E-state index contributed by atoms with van der Waals surface area (Å²) in [6, 6.07) is 5.85. The van der Waals surface area contributed by atoms with Crippen molar-refractivity contribution in [2.45, 2.75) is 12.8 Å². The van der Waals surface area contributed by atoms with Crippen LogP contribution in [0.2, 0.25) is 0 Å². The number of hydrogen-bond donors (Lipinski definition) is 1. The van der Waals surface area contributed by atoms with E-state index in [1.807, 2.05) is 0 Å². The van der Waals surface area contributed by atoms with Crippen LogP contribution >= 0.6 is 0 Å². The highest BCUT2D eigenvalue weighted by atomic mass is 19.3. The number of alkyl halides is 2. The lowest BCUT2D eigenvalue weighted by molar-refractivity contribution is -0.120. The van der Waals surface area contributed by atoms with Gasteiger partial charge in [-0.05, 0) is 11.6 Å². The Bertz CT molecular complexity index is 413. The van der Waals surface area contributed by atoms with Crippen LogP contribution in [0, 0.1) is 5.82 Å². The van der Waals surface area contributed by atoms with E-state index in [0.717, 1.165) is 4.90 Å². The van der Waals surface area contributed by atoms with Crippen LogP contribution in [0.4, 0.5) is 13.2 Å². The van der Waals surface area contributed by atoms with E-state index in [2.05, 4.69) is 0 Å². The molecule has 0 aromatic heterocycles. The maximum atomic E-state index is 13.3. The molecule has 0 unspecified atom stereocenters. The molecule has 1 rings (SSSR count). The van der Waals surface area contributed by atoms with E-state index in [1.165, 1.54) is 18.2 Å². The van der Waals surface area contributed by atoms with Crippen LogP contribution in [0.1, 0.15) is 5.56 Å². The molecule has 6 heteroatoms. The summed E-state index contributed by atoms with van der Waals surface area (Å²) in [5, 5.41) is 8.74. The van der Waals surface area contributed by atoms with Gasteiger partial charge >= 0.3 is 0 Å². The Morgan fingerprint density at radius 1 is 1.32 bits per heavy atom. The van der Waals surface area contributed by atoms with Gasteiger partial charge in [0.25, 0.3) is 6.43 Å². The Kier molecular flexibility index (Phi) is 6.52. The molecule has 0 heterocycles. The van der Waals surface area contributed by atoms with Crippen LogP contribution in [0.25, 0.3) is 0 Å². The van der Waals surface area contributed by atoms with Crippen LogP contribution in [0.5, 0.6) is 0 Å². The van der Waals surface area contributed by atoms with Gasteiger partial charge in [0.15, 0.2) is 5.78 Å².